The SMILES string of the molecule is CC(C)(CCl)NC(=O)c1cc(F)ccc1F. The summed E-state index contributed by atoms with van der Waals surface area (Å²) in [6, 6.07) is 2.73. The normalized spacial score (nSPS) is 11.3. The Labute approximate surface area is 97.6 Å². The largest absolute Gasteiger partial charge is 0.346 e. The van der Waals surface area contributed by atoms with Crippen molar-refractivity contribution in [1.29, 1.82) is 0 Å². The predicted molar refractivity (Wildman–Crippen MR) is 58.6 cm³/mol. The second-order valence-corrected chi connectivity index (χ2v) is 4.36. The average molecular weight is 248 g/mol. The second kappa shape index (κ2) is 4.78. The summed E-state index contributed by atoms with van der Waals surface area (Å²) < 4.78 is 26.1. The van der Waals surface area contributed by atoms with Gasteiger partial charge in [0.25, 0.3) is 5.91 Å². The Morgan fingerprint density at radius 2 is 2.06 bits per heavy atom. The molecule has 0 spiro atoms. The number of rotatable bonds is 3. The van der Waals surface area contributed by atoms with E-state index in [4.69, 9.17) is 11.6 Å². The molecule has 1 amide bonds. The number of nitrogens with one attached hydrogen (secondary N) is 1. The number of hydrogen-bond acceptors (Lipinski definition) is 1. The van der Waals surface area contributed by atoms with E-state index in [2.05, 4.69) is 5.32 Å². The van der Waals surface area contributed by atoms with Gasteiger partial charge < -0.3 is 5.32 Å². The van der Waals surface area contributed by atoms with Crippen LogP contribution in [-0.2, 0) is 0 Å². The highest BCUT2D eigenvalue weighted by Gasteiger charge is 2.22. The van der Waals surface area contributed by atoms with Crippen molar-refractivity contribution in [2.24, 2.45) is 0 Å². The summed E-state index contributed by atoms with van der Waals surface area (Å²) in [7, 11) is 0. The second-order valence-electron chi connectivity index (χ2n) is 4.10. The van der Waals surface area contributed by atoms with E-state index >= 15 is 0 Å². The van der Waals surface area contributed by atoms with E-state index in [1.807, 2.05) is 0 Å². The molecule has 0 radical (unpaired) electrons. The molecule has 0 unspecified atom stereocenters. The van der Waals surface area contributed by atoms with Crippen molar-refractivity contribution in [2.75, 3.05) is 5.88 Å². The molecule has 0 aliphatic rings. The third kappa shape index (κ3) is 3.17. The lowest BCUT2D eigenvalue weighted by Crippen LogP contribution is -2.45. The van der Waals surface area contributed by atoms with Crippen molar-refractivity contribution in [3.63, 3.8) is 0 Å². The summed E-state index contributed by atoms with van der Waals surface area (Å²) >= 11 is 5.61. The first kappa shape index (κ1) is 12.9. The van der Waals surface area contributed by atoms with Gasteiger partial charge in [-0.3, -0.25) is 4.79 Å². The Morgan fingerprint density at radius 1 is 1.44 bits per heavy atom. The number of halogens is 3. The van der Waals surface area contributed by atoms with E-state index < -0.39 is 23.1 Å². The lowest BCUT2D eigenvalue weighted by molar-refractivity contribution is 0.0916. The minimum atomic E-state index is -0.760. The fourth-order valence-electron chi connectivity index (χ4n) is 1.08. The average Bonchev–Trinajstić information content (AvgIpc) is 2.21. The monoisotopic (exact) mass is 247 g/mol. The molecule has 2 nitrogen and oxygen atoms in total. The van der Waals surface area contributed by atoms with Crippen molar-refractivity contribution in [3.05, 3.63) is 35.4 Å². The van der Waals surface area contributed by atoms with Crippen LogP contribution in [0.4, 0.5) is 8.78 Å². The molecule has 0 saturated carbocycles. The van der Waals surface area contributed by atoms with Gasteiger partial charge in [-0.15, -0.1) is 11.6 Å². The Balaban J connectivity index is 2.93. The molecule has 1 aromatic carbocycles. The molecular weight excluding hydrogens is 236 g/mol. The van der Waals surface area contributed by atoms with Gasteiger partial charge in [0.2, 0.25) is 0 Å². The summed E-state index contributed by atoms with van der Waals surface area (Å²) in [5, 5.41) is 2.51. The van der Waals surface area contributed by atoms with Gasteiger partial charge in [-0.2, -0.15) is 0 Å². The Morgan fingerprint density at radius 3 is 2.62 bits per heavy atom. The van der Waals surface area contributed by atoms with Gasteiger partial charge in [0.15, 0.2) is 0 Å². The number of carbonyl (C=O) groups is 1. The first-order chi connectivity index (χ1) is 7.35. The summed E-state index contributed by atoms with van der Waals surface area (Å²) in [5.74, 6) is -1.92. The smallest absolute Gasteiger partial charge is 0.254 e. The topological polar surface area (TPSA) is 29.1 Å². The zero-order valence-electron chi connectivity index (χ0n) is 8.98. The van der Waals surface area contributed by atoms with Crippen molar-refractivity contribution < 1.29 is 13.6 Å². The van der Waals surface area contributed by atoms with Crippen LogP contribution in [0.15, 0.2) is 18.2 Å². The number of benzene rings is 1. The van der Waals surface area contributed by atoms with Gasteiger partial charge in [-0.1, -0.05) is 0 Å². The molecular formula is C11H12ClF2NO. The Bertz CT molecular complexity index is 407. The van der Waals surface area contributed by atoms with Crippen molar-refractivity contribution in [3.8, 4) is 0 Å². The fourth-order valence-corrected chi connectivity index (χ4v) is 1.15. The lowest BCUT2D eigenvalue weighted by atomic mass is 10.1. The molecule has 0 atom stereocenters. The molecule has 0 bridgehead atoms. The Hall–Kier alpha value is -1.16. The van der Waals surface area contributed by atoms with Crippen LogP contribution in [0.3, 0.4) is 0 Å². The molecule has 0 aliphatic carbocycles. The van der Waals surface area contributed by atoms with E-state index in [0.717, 1.165) is 18.2 Å². The zero-order valence-corrected chi connectivity index (χ0v) is 9.74. The predicted octanol–water partition coefficient (Wildman–Crippen LogP) is 2.71. The van der Waals surface area contributed by atoms with Crippen LogP contribution >= 0.6 is 11.6 Å². The van der Waals surface area contributed by atoms with Crippen molar-refractivity contribution >= 4 is 17.5 Å². The third-order valence-corrected chi connectivity index (χ3v) is 2.63. The van der Waals surface area contributed by atoms with Gasteiger partial charge in [0.1, 0.15) is 11.6 Å². The van der Waals surface area contributed by atoms with Gasteiger partial charge in [0, 0.05) is 11.4 Å². The van der Waals surface area contributed by atoms with Crippen LogP contribution in [0, 0.1) is 11.6 Å². The van der Waals surface area contributed by atoms with Crippen LogP contribution in [-0.4, -0.2) is 17.3 Å². The summed E-state index contributed by atoms with van der Waals surface area (Å²) in [5.41, 5.74) is -0.990. The van der Waals surface area contributed by atoms with Crippen molar-refractivity contribution in [2.45, 2.75) is 19.4 Å². The standard InChI is InChI=1S/C11H12ClF2NO/c1-11(2,6-12)15-10(16)8-5-7(13)3-4-9(8)14/h3-5H,6H2,1-2H3,(H,15,16). The minimum Gasteiger partial charge on any atom is -0.346 e. The van der Waals surface area contributed by atoms with E-state index in [9.17, 15) is 13.6 Å². The van der Waals surface area contributed by atoms with E-state index in [1.165, 1.54) is 0 Å². The van der Waals surface area contributed by atoms with E-state index in [1.54, 1.807) is 13.8 Å². The molecule has 0 aromatic heterocycles. The molecule has 0 aliphatic heterocycles. The van der Waals surface area contributed by atoms with Crippen molar-refractivity contribution in [1.82, 2.24) is 5.32 Å². The third-order valence-electron chi connectivity index (χ3n) is 1.96. The molecule has 1 N–H and O–H groups in total. The maximum atomic E-state index is 13.2. The van der Waals surface area contributed by atoms with Crippen LogP contribution in [0.5, 0.6) is 0 Å². The Kier molecular flexibility index (Phi) is 3.86. The highest BCUT2D eigenvalue weighted by Crippen LogP contribution is 2.12. The number of carbonyl (C=O) groups excluding carboxylic acids is 1. The molecule has 1 aromatic rings. The fraction of sp³-hybridized carbons (Fsp3) is 0.364. The number of alkyl halides is 1. The molecule has 0 saturated heterocycles. The molecule has 5 heteroatoms. The first-order valence-electron chi connectivity index (χ1n) is 4.69. The number of amides is 1. The lowest BCUT2D eigenvalue weighted by Gasteiger charge is -2.23. The van der Waals surface area contributed by atoms with Crippen LogP contribution in [0.1, 0.15) is 24.2 Å². The molecule has 88 valence electrons. The molecule has 1 rings (SSSR count). The highest BCUT2D eigenvalue weighted by molar-refractivity contribution is 6.18. The van der Waals surface area contributed by atoms with Gasteiger partial charge in [0.05, 0.1) is 5.56 Å². The molecule has 16 heavy (non-hydrogen) atoms. The first-order valence-corrected chi connectivity index (χ1v) is 5.23. The quantitative estimate of drug-likeness (QED) is 0.818. The van der Waals surface area contributed by atoms with Crippen LogP contribution in [0.25, 0.3) is 0 Å². The summed E-state index contributed by atoms with van der Waals surface area (Å²) in [6.45, 7) is 3.38. The van der Waals surface area contributed by atoms with E-state index in [-0.39, 0.29) is 11.4 Å². The minimum absolute atomic E-state index is 0.176. The van der Waals surface area contributed by atoms with Gasteiger partial charge in [-0.05, 0) is 32.0 Å². The molecule has 0 fully saturated rings. The number of hydrogen-bond donors (Lipinski definition) is 1. The highest BCUT2D eigenvalue weighted by atomic mass is 35.5. The van der Waals surface area contributed by atoms with Crippen LogP contribution < -0.4 is 5.32 Å². The van der Waals surface area contributed by atoms with Crippen LogP contribution in [0.2, 0.25) is 0 Å². The molecule has 0 heterocycles. The maximum Gasteiger partial charge on any atom is 0.254 e. The zero-order chi connectivity index (χ0) is 12.3. The van der Waals surface area contributed by atoms with E-state index in [0.29, 0.717) is 0 Å². The van der Waals surface area contributed by atoms with Gasteiger partial charge >= 0.3 is 0 Å². The summed E-state index contributed by atoms with van der Waals surface area (Å²) in [6.07, 6.45) is 0. The summed E-state index contributed by atoms with van der Waals surface area (Å²) in [4.78, 5) is 11.6. The maximum absolute atomic E-state index is 13.2. The van der Waals surface area contributed by atoms with Gasteiger partial charge in [-0.25, -0.2) is 8.78 Å².